The predicted octanol–water partition coefficient (Wildman–Crippen LogP) is 0.867. The number of piperazine rings is 1. The fourth-order valence-electron chi connectivity index (χ4n) is 2.02. The van der Waals surface area contributed by atoms with Crippen molar-refractivity contribution in [1.29, 1.82) is 0 Å². The number of nitrogen functional groups attached to an aromatic ring is 1. The molecule has 100 valence electrons. The maximum atomic E-state index is 13.8. The lowest BCUT2D eigenvalue weighted by Gasteiger charge is -2.25. The van der Waals surface area contributed by atoms with Gasteiger partial charge in [-0.25, -0.2) is 4.39 Å². The Morgan fingerprint density at radius 1 is 1.32 bits per heavy atom. The number of nitrogens with one attached hydrogen (secondary N) is 1. The van der Waals surface area contributed by atoms with Crippen LogP contribution in [-0.2, 0) is 0 Å². The third-order valence-corrected chi connectivity index (χ3v) is 3.04. The van der Waals surface area contributed by atoms with Gasteiger partial charge in [0.2, 0.25) is 0 Å². The van der Waals surface area contributed by atoms with Gasteiger partial charge in [-0.1, -0.05) is 0 Å². The van der Waals surface area contributed by atoms with Crippen molar-refractivity contribution >= 4 is 11.6 Å². The molecule has 3 N–H and O–H groups in total. The minimum Gasteiger partial charge on any atom is -0.399 e. The highest BCUT2D eigenvalue weighted by Crippen LogP contribution is 2.24. The molecular weight excluding hydrogens is 249 g/mol. The van der Waals surface area contributed by atoms with E-state index in [1.807, 2.05) is 4.90 Å². The quantitative estimate of drug-likeness (QED) is 0.782. The smallest absolute Gasteiger partial charge is 0.266 e. The van der Waals surface area contributed by atoms with Crippen molar-refractivity contribution in [3.63, 3.8) is 0 Å². The standard InChI is InChI=1S/C12H14FN5O/c13-10-7-8(14)1-2-9(10)11-16-12(17-19-11)18-5-3-15-4-6-18/h1-2,7,15H,3-6,14H2. The second-order valence-electron chi connectivity index (χ2n) is 4.38. The molecule has 1 aromatic carbocycles. The molecule has 0 atom stereocenters. The van der Waals surface area contributed by atoms with Crippen LogP contribution in [-0.4, -0.2) is 36.3 Å². The van der Waals surface area contributed by atoms with E-state index in [4.69, 9.17) is 10.3 Å². The number of nitrogens with two attached hydrogens (primary N) is 1. The molecule has 19 heavy (non-hydrogen) atoms. The summed E-state index contributed by atoms with van der Waals surface area (Å²) in [6.07, 6.45) is 0. The zero-order valence-corrected chi connectivity index (χ0v) is 10.3. The average molecular weight is 263 g/mol. The Morgan fingerprint density at radius 2 is 2.11 bits per heavy atom. The van der Waals surface area contributed by atoms with Gasteiger partial charge in [0.15, 0.2) is 0 Å². The summed E-state index contributed by atoms with van der Waals surface area (Å²) in [5.41, 5.74) is 6.14. The van der Waals surface area contributed by atoms with Crippen LogP contribution in [0, 0.1) is 5.82 Å². The predicted molar refractivity (Wildman–Crippen MR) is 69.2 cm³/mol. The summed E-state index contributed by atoms with van der Waals surface area (Å²) < 4.78 is 18.9. The third-order valence-electron chi connectivity index (χ3n) is 3.04. The lowest BCUT2D eigenvalue weighted by atomic mass is 10.2. The average Bonchev–Trinajstić information content (AvgIpc) is 2.89. The molecule has 0 amide bonds. The first-order valence-corrected chi connectivity index (χ1v) is 6.09. The topological polar surface area (TPSA) is 80.2 Å². The van der Waals surface area contributed by atoms with E-state index in [2.05, 4.69) is 15.5 Å². The molecule has 1 aromatic heterocycles. The van der Waals surface area contributed by atoms with Crippen LogP contribution in [0.1, 0.15) is 0 Å². The molecule has 0 bridgehead atoms. The second kappa shape index (κ2) is 4.85. The van der Waals surface area contributed by atoms with Crippen LogP contribution >= 0.6 is 0 Å². The number of rotatable bonds is 2. The van der Waals surface area contributed by atoms with Crippen LogP contribution in [0.25, 0.3) is 11.5 Å². The SMILES string of the molecule is Nc1ccc(-c2nc(N3CCNCC3)no2)c(F)c1. The van der Waals surface area contributed by atoms with Crippen molar-refractivity contribution in [2.45, 2.75) is 0 Å². The van der Waals surface area contributed by atoms with Crippen molar-refractivity contribution in [2.24, 2.45) is 0 Å². The van der Waals surface area contributed by atoms with Crippen molar-refractivity contribution in [1.82, 2.24) is 15.5 Å². The van der Waals surface area contributed by atoms with E-state index in [-0.39, 0.29) is 11.5 Å². The highest BCUT2D eigenvalue weighted by molar-refractivity contribution is 5.59. The molecule has 6 nitrogen and oxygen atoms in total. The summed E-state index contributed by atoms with van der Waals surface area (Å²) in [6, 6.07) is 4.39. The molecule has 0 spiro atoms. The van der Waals surface area contributed by atoms with Crippen molar-refractivity contribution < 1.29 is 8.91 Å². The van der Waals surface area contributed by atoms with E-state index in [1.165, 1.54) is 6.07 Å². The van der Waals surface area contributed by atoms with E-state index in [0.717, 1.165) is 26.2 Å². The Morgan fingerprint density at radius 3 is 2.84 bits per heavy atom. The second-order valence-corrected chi connectivity index (χ2v) is 4.38. The Kier molecular flexibility index (Phi) is 3.04. The number of anilines is 2. The fourth-order valence-corrected chi connectivity index (χ4v) is 2.02. The van der Waals surface area contributed by atoms with Crippen LogP contribution in [0.3, 0.4) is 0 Å². The molecule has 0 aliphatic carbocycles. The molecular formula is C12H14FN5O. The van der Waals surface area contributed by atoms with Crippen molar-refractivity contribution in [3.8, 4) is 11.5 Å². The maximum Gasteiger partial charge on any atom is 0.266 e. The molecule has 2 aromatic rings. The number of hydrogen-bond acceptors (Lipinski definition) is 6. The van der Waals surface area contributed by atoms with E-state index >= 15 is 0 Å². The molecule has 0 unspecified atom stereocenters. The van der Waals surface area contributed by atoms with Crippen LogP contribution in [0.4, 0.5) is 16.0 Å². The van der Waals surface area contributed by atoms with Crippen LogP contribution in [0.2, 0.25) is 0 Å². The zero-order chi connectivity index (χ0) is 13.2. The number of aromatic nitrogens is 2. The van der Waals surface area contributed by atoms with Crippen LogP contribution in [0.5, 0.6) is 0 Å². The summed E-state index contributed by atoms with van der Waals surface area (Å²) in [6.45, 7) is 3.37. The Hall–Kier alpha value is -2.15. The van der Waals surface area contributed by atoms with Gasteiger partial charge in [-0.3, -0.25) is 0 Å². The van der Waals surface area contributed by atoms with Gasteiger partial charge in [0.05, 0.1) is 5.56 Å². The lowest BCUT2D eigenvalue weighted by molar-refractivity contribution is 0.424. The Balaban J connectivity index is 1.87. The molecule has 7 heteroatoms. The van der Waals surface area contributed by atoms with Crippen molar-refractivity contribution in [3.05, 3.63) is 24.0 Å². The van der Waals surface area contributed by atoms with E-state index in [9.17, 15) is 4.39 Å². The minimum atomic E-state index is -0.462. The highest BCUT2D eigenvalue weighted by Gasteiger charge is 2.18. The van der Waals surface area contributed by atoms with Gasteiger partial charge in [0, 0.05) is 31.9 Å². The van der Waals surface area contributed by atoms with Gasteiger partial charge >= 0.3 is 0 Å². The molecule has 0 radical (unpaired) electrons. The summed E-state index contributed by atoms with van der Waals surface area (Å²) >= 11 is 0. The van der Waals surface area contributed by atoms with Gasteiger partial charge in [0.25, 0.3) is 11.8 Å². The first-order chi connectivity index (χ1) is 9.24. The summed E-state index contributed by atoms with van der Waals surface area (Å²) in [7, 11) is 0. The first kappa shape index (κ1) is 11.9. The Bertz CT molecular complexity index is 579. The first-order valence-electron chi connectivity index (χ1n) is 6.09. The van der Waals surface area contributed by atoms with E-state index < -0.39 is 5.82 Å². The maximum absolute atomic E-state index is 13.8. The van der Waals surface area contributed by atoms with Gasteiger partial charge in [-0.2, -0.15) is 4.98 Å². The van der Waals surface area contributed by atoms with Crippen molar-refractivity contribution in [2.75, 3.05) is 36.8 Å². The van der Waals surface area contributed by atoms with Gasteiger partial charge < -0.3 is 20.5 Å². The van der Waals surface area contributed by atoms with E-state index in [0.29, 0.717) is 11.6 Å². The van der Waals surface area contributed by atoms with Gasteiger partial charge in [-0.05, 0) is 23.4 Å². The molecule has 2 heterocycles. The largest absolute Gasteiger partial charge is 0.399 e. The third kappa shape index (κ3) is 2.37. The zero-order valence-electron chi connectivity index (χ0n) is 10.3. The van der Waals surface area contributed by atoms with Crippen LogP contribution < -0.4 is 16.0 Å². The normalized spacial score (nSPS) is 15.7. The van der Waals surface area contributed by atoms with Gasteiger partial charge in [-0.15, -0.1) is 0 Å². The minimum absolute atomic E-state index is 0.172. The monoisotopic (exact) mass is 263 g/mol. The van der Waals surface area contributed by atoms with Gasteiger partial charge in [0.1, 0.15) is 5.82 Å². The van der Waals surface area contributed by atoms with Crippen LogP contribution in [0.15, 0.2) is 22.7 Å². The summed E-state index contributed by atoms with van der Waals surface area (Å²) in [4.78, 5) is 6.23. The lowest BCUT2D eigenvalue weighted by Crippen LogP contribution is -2.44. The molecule has 0 saturated carbocycles. The fraction of sp³-hybridized carbons (Fsp3) is 0.333. The van der Waals surface area contributed by atoms with E-state index in [1.54, 1.807) is 12.1 Å². The highest BCUT2D eigenvalue weighted by atomic mass is 19.1. The number of hydrogen-bond donors (Lipinski definition) is 2. The molecule has 3 rings (SSSR count). The Labute approximate surface area is 109 Å². The summed E-state index contributed by atoms with van der Waals surface area (Å²) in [5, 5.41) is 7.13. The number of nitrogens with zero attached hydrogens (tertiary/aromatic N) is 3. The molecule has 1 aliphatic heterocycles. The number of halogens is 1. The number of benzene rings is 1. The molecule has 1 aliphatic rings. The summed E-state index contributed by atoms with van der Waals surface area (Å²) in [5.74, 6) is 0.203. The molecule has 1 fully saturated rings. The molecule has 1 saturated heterocycles.